The number of aryl methyl sites for hydroxylation is 1. The van der Waals surface area contributed by atoms with Crippen molar-refractivity contribution >= 4 is 23.0 Å². The molecule has 28 heavy (non-hydrogen) atoms. The maximum Gasteiger partial charge on any atom is 0.289 e. The second-order valence-corrected chi connectivity index (χ2v) is 6.46. The molecule has 0 spiro atoms. The number of hydrazone groups is 1. The first kappa shape index (κ1) is 17.6. The molecule has 1 amide bonds. The molecule has 0 aliphatic heterocycles. The van der Waals surface area contributed by atoms with Gasteiger partial charge in [-0.2, -0.15) is 5.10 Å². The number of aromatic nitrogens is 3. The van der Waals surface area contributed by atoms with Crippen LogP contribution in [0.25, 0.3) is 16.6 Å². The van der Waals surface area contributed by atoms with Crippen LogP contribution in [0.4, 0.5) is 0 Å². The third kappa shape index (κ3) is 3.40. The zero-order valence-corrected chi connectivity index (χ0v) is 15.6. The molecule has 3 aromatic heterocycles. The Balaban J connectivity index is 1.59. The molecule has 3 heterocycles. The lowest BCUT2D eigenvalue weighted by Gasteiger charge is -2.10. The molecule has 6 heteroatoms. The highest BCUT2D eigenvalue weighted by molar-refractivity contribution is 5.93. The molecule has 4 rings (SSSR count). The Kier molecular flexibility index (Phi) is 4.68. The molecule has 1 aromatic carbocycles. The molecule has 1 N–H and O–H groups in total. The van der Waals surface area contributed by atoms with E-state index in [1.807, 2.05) is 32.0 Å². The summed E-state index contributed by atoms with van der Waals surface area (Å²) in [5.41, 5.74) is 7.93. The van der Waals surface area contributed by atoms with Crippen LogP contribution in [0.1, 0.15) is 27.4 Å². The second-order valence-electron chi connectivity index (χ2n) is 6.46. The zero-order valence-electron chi connectivity index (χ0n) is 15.6. The molecular formula is C22H19N5O. The van der Waals surface area contributed by atoms with E-state index in [9.17, 15) is 4.79 Å². The number of nitrogens with zero attached hydrogens (tertiary/aromatic N) is 4. The van der Waals surface area contributed by atoms with E-state index in [-0.39, 0.29) is 5.91 Å². The van der Waals surface area contributed by atoms with Crippen molar-refractivity contribution in [2.45, 2.75) is 13.8 Å². The van der Waals surface area contributed by atoms with Gasteiger partial charge in [-0.1, -0.05) is 12.1 Å². The number of hydrogen-bond donors (Lipinski definition) is 1. The predicted octanol–water partition coefficient (Wildman–Crippen LogP) is 3.80. The number of hydrogen-bond acceptors (Lipinski definition) is 4. The Morgan fingerprint density at radius 3 is 2.71 bits per heavy atom. The predicted molar refractivity (Wildman–Crippen MR) is 110 cm³/mol. The molecule has 0 saturated heterocycles. The summed E-state index contributed by atoms with van der Waals surface area (Å²) in [7, 11) is 0. The fraction of sp³-hybridized carbons (Fsp3) is 0.0909. The Labute approximate surface area is 162 Å². The summed E-state index contributed by atoms with van der Waals surface area (Å²) in [6.07, 6.45) is 5.02. The summed E-state index contributed by atoms with van der Waals surface area (Å²) < 4.78 is 2.16. The van der Waals surface area contributed by atoms with Crippen molar-refractivity contribution in [2.75, 3.05) is 0 Å². The lowest BCUT2D eigenvalue weighted by molar-refractivity contribution is 0.0950. The van der Waals surface area contributed by atoms with Crippen LogP contribution < -0.4 is 5.43 Å². The largest absolute Gasteiger partial charge is 0.318 e. The van der Waals surface area contributed by atoms with Gasteiger partial charge in [-0.25, -0.2) is 5.43 Å². The molecule has 0 saturated carbocycles. The van der Waals surface area contributed by atoms with Crippen molar-refractivity contribution in [3.05, 3.63) is 89.6 Å². The first-order chi connectivity index (χ1) is 13.6. The van der Waals surface area contributed by atoms with Gasteiger partial charge in [0, 0.05) is 40.4 Å². The van der Waals surface area contributed by atoms with Gasteiger partial charge in [-0.05, 0) is 56.3 Å². The van der Waals surface area contributed by atoms with Crippen LogP contribution in [0.2, 0.25) is 0 Å². The van der Waals surface area contributed by atoms with Crippen LogP contribution in [0.15, 0.2) is 72.1 Å². The average Bonchev–Trinajstić information content (AvgIpc) is 3.01. The highest BCUT2D eigenvalue weighted by atomic mass is 16.2. The Bertz CT molecular complexity index is 1180. The van der Waals surface area contributed by atoms with Crippen molar-refractivity contribution in [1.82, 2.24) is 20.0 Å². The molecule has 138 valence electrons. The summed E-state index contributed by atoms with van der Waals surface area (Å²) in [4.78, 5) is 20.4. The molecule has 0 aliphatic rings. The smallest absolute Gasteiger partial charge is 0.289 e. The first-order valence-corrected chi connectivity index (χ1v) is 8.92. The topological polar surface area (TPSA) is 72.2 Å². The molecule has 6 nitrogen and oxygen atoms in total. The van der Waals surface area contributed by atoms with E-state index < -0.39 is 0 Å². The molecule has 0 radical (unpaired) electrons. The average molecular weight is 369 g/mol. The Hall–Kier alpha value is -3.80. The quantitative estimate of drug-likeness (QED) is 0.439. The van der Waals surface area contributed by atoms with Gasteiger partial charge in [0.05, 0.1) is 11.7 Å². The Morgan fingerprint density at radius 2 is 1.89 bits per heavy atom. The van der Waals surface area contributed by atoms with E-state index in [4.69, 9.17) is 0 Å². The second kappa shape index (κ2) is 7.44. The van der Waals surface area contributed by atoms with Crippen molar-refractivity contribution < 1.29 is 4.79 Å². The highest BCUT2D eigenvalue weighted by Gasteiger charge is 2.10. The number of benzene rings is 1. The van der Waals surface area contributed by atoms with Crippen LogP contribution in [0, 0.1) is 13.8 Å². The van der Waals surface area contributed by atoms with Crippen LogP contribution >= 0.6 is 0 Å². The number of carbonyl (C=O) groups excluding carboxylic acids is 1. The van der Waals surface area contributed by atoms with Crippen LogP contribution in [0.5, 0.6) is 0 Å². The summed E-state index contributed by atoms with van der Waals surface area (Å²) >= 11 is 0. The van der Waals surface area contributed by atoms with E-state index in [0.29, 0.717) is 5.69 Å². The van der Waals surface area contributed by atoms with Crippen LogP contribution in [0.3, 0.4) is 0 Å². The fourth-order valence-electron chi connectivity index (χ4n) is 3.23. The van der Waals surface area contributed by atoms with Crippen molar-refractivity contribution in [3.63, 3.8) is 0 Å². The van der Waals surface area contributed by atoms with E-state index in [2.05, 4.69) is 43.3 Å². The summed E-state index contributed by atoms with van der Waals surface area (Å²) in [6.45, 7) is 4.08. The maximum absolute atomic E-state index is 12.0. The van der Waals surface area contributed by atoms with Gasteiger partial charge < -0.3 is 4.57 Å². The van der Waals surface area contributed by atoms with Gasteiger partial charge in [0.15, 0.2) is 0 Å². The minimum Gasteiger partial charge on any atom is -0.318 e. The molecule has 0 aliphatic carbocycles. The van der Waals surface area contributed by atoms with Gasteiger partial charge in [0.25, 0.3) is 5.91 Å². The van der Waals surface area contributed by atoms with Gasteiger partial charge in [-0.3, -0.25) is 14.8 Å². The SMILES string of the molecule is Cc1cc(/C=N/NC(=O)c2ccccn2)c(C)n1-c1ccc2ncccc2c1. The summed E-state index contributed by atoms with van der Waals surface area (Å²) in [5.74, 6) is -0.340. The van der Waals surface area contributed by atoms with Crippen molar-refractivity contribution in [1.29, 1.82) is 0 Å². The van der Waals surface area contributed by atoms with E-state index in [1.54, 1.807) is 36.8 Å². The van der Waals surface area contributed by atoms with Gasteiger partial charge in [-0.15, -0.1) is 0 Å². The Morgan fingerprint density at radius 1 is 1.04 bits per heavy atom. The van der Waals surface area contributed by atoms with E-state index >= 15 is 0 Å². The normalized spacial score (nSPS) is 11.2. The number of carbonyl (C=O) groups is 1. The maximum atomic E-state index is 12.0. The van der Waals surface area contributed by atoms with Crippen molar-refractivity contribution in [3.8, 4) is 5.69 Å². The molecule has 0 atom stereocenters. The number of pyridine rings is 2. The van der Waals surface area contributed by atoms with Crippen LogP contribution in [-0.2, 0) is 0 Å². The highest BCUT2D eigenvalue weighted by Crippen LogP contribution is 2.22. The molecule has 0 fully saturated rings. The van der Waals surface area contributed by atoms with Crippen molar-refractivity contribution in [2.24, 2.45) is 5.10 Å². The lowest BCUT2D eigenvalue weighted by atomic mass is 10.2. The molecule has 0 unspecified atom stereocenters. The van der Waals surface area contributed by atoms with E-state index in [1.165, 1.54) is 0 Å². The molecule has 4 aromatic rings. The number of rotatable bonds is 4. The summed E-state index contributed by atoms with van der Waals surface area (Å²) in [6, 6.07) is 17.4. The summed E-state index contributed by atoms with van der Waals surface area (Å²) in [5, 5.41) is 5.18. The van der Waals surface area contributed by atoms with Gasteiger partial charge in [0.2, 0.25) is 0 Å². The van der Waals surface area contributed by atoms with Gasteiger partial charge in [0.1, 0.15) is 5.69 Å². The first-order valence-electron chi connectivity index (χ1n) is 8.92. The van der Waals surface area contributed by atoms with Crippen LogP contribution in [-0.4, -0.2) is 26.7 Å². The zero-order chi connectivity index (χ0) is 19.5. The standard InChI is InChI=1S/C22H19N5O/c1-15-12-18(14-25-26-22(28)21-7-3-4-10-24-21)16(2)27(15)19-8-9-20-17(13-19)6-5-11-23-20/h3-14H,1-2H3,(H,26,28)/b25-14+. The van der Waals surface area contributed by atoms with Gasteiger partial charge >= 0.3 is 0 Å². The third-order valence-corrected chi connectivity index (χ3v) is 4.58. The minimum atomic E-state index is -0.340. The third-order valence-electron chi connectivity index (χ3n) is 4.58. The monoisotopic (exact) mass is 369 g/mol. The van der Waals surface area contributed by atoms with E-state index in [0.717, 1.165) is 33.5 Å². The number of amides is 1. The minimum absolute atomic E-state index is 0.329. The number of nitrogens with one attached hydrogen (secondary N) is 1. The fourth-order valence-corrected chi connectivity index (χ4v) is 3.23. The number of fused-ring (bicyclic) bond motifs is 1. The molecule has 0 bridgehead atoms. The molecular weight excluding hydrogens is 350 g/mol. The lowest BCUT2D eigenvalue weighted by Crippen LogP contribution is -2.18.